The maximum Gasteiger partial charge on any atom is 0.235 e. The lowest BCUT2D eigenvalue weighted by Gasteiger charge is -1.56. The Hall–Kier alpha value is -1.04. The molecule has 2 aromatic heterocycles. The molecule has 2 aromatic rings. The molecule has 0 saturated carbocycles. The number of H-pyrrole nitrogens is 1. The number of aromatic amines is 1. The van der Waals surface area contributed by atoms with Gasteiger partial charge in [0, 0.05) is 11.5 Å². The first-order chi connectivity index (χ1) is 3.97. The average molecular weight is 127 g/mol. The summed E-state index contributed by atoms with van der Waals surface area (Å²) >= 11 is 1.23. The number of hydrogen-bond donors (Lipinski definition) is 1. The first-order valence-corrected chi connectivity index (χ1v) is 2.73. The Kier molecular flexibility index (Phi) is 0.595. The molecule has 2 rings (SSSR count). The van der Waals surface area contributed by atoms with Gasteiger partial charge in [-0.05, 0) is 0 Å². The molecule has 5 nitrogen and oxygen atoms in total. The average Bonchev–Trinajstić information content (AvgIpc) is 2.15. The quantitative estimate of drug-likeness (QED) is 0.532. The molecule has 8 heavy (non-hydrogen) atoms. The van der Waals surface area contributed by atoms with Gasteiger partial charge in [-0.2, -0.15) is 5.21 Å². The fourth-order valence-corrected chi connectivity index (χ4v) is 0.885. The van der Waals surface area contributed by atoms with E-state index < -0.39 is 0 Å². The van der Waals surface area contributed by atoms with Crippen molar-refractivity contribution in [1.82, 2.24) is 25.0 Å². The third kappa shape index (κ3) is 0.348. The van der Waals surface area contributed by atoms with E-state index in [-0.39, 0.29) is 0 Å². The Labute approximate surface area is 47.9 Å². The van der Waals surface area contributed by atoms with Crippen LogP contribution < -0.4 is 0 Å². The van der Waals surface area contributed by atoms with E-state index in [4.69, 9.17) is 0 Å². The van der Waals surface area contributed by atoms with E-state index >= 15 is 0 Å². The van der Waals surface area contributed by atoms with Crippen LogP contribution in [0.5, 0.6) is 0 Å². The van der Waals surface area contributed by atoms with Crippen LogP contribution in [0.4, 0.5) is 0 Å². The number of rotatable bonds is 0. The standard InChI is InChI=1S/C2HN5S/c3-1-2(5-6-3)8-7-4-1/h(H,3,5,6). The molecule has 0 bridgehead atoms. The van der Waals surface area contributed by atoms with Crippen molar-refractivity contribution >= 4 is 22.0 Å². The number of fused-ring (bicyclic) bond motifs is 1. The number of nitrogens with zero attached hydrogens (tertiary/aromatic N) is 4. The lowest BCUT2D eigenvalue weighted by atomic mass is 10.9. The SMILES string of the molecule is n1nc2n[nH]nc2s1. The third-order valence-corrected chi connectivity index (χ3v) is 1.37. The summed E-state index contributed by atoms with van der Waals surface area (Å²) < 4.78 is 3.61. The highest BCUT2D eigenvalue weighted by molar-refractivity contribution is 7.12. The molecule has 0 saturated heterocycles. The summed E-state index contributed by atoms with van der Waals surface area (Å²) in [6.07, 6.45) is 0. The summed E-state index contributed by atoms with van der Waals surface area (Å²) in [5.74, 6) is 0. The van der Waals surface area contributed by atoms with Crippen LogP contribution in [0.3, 0.4) is 0 Å². The van der Waals surface area contributed by atoms with E-state index in [1.54, 1.807) is 0 Å². The molecule has 0 aliphatic rings. The molecule has 0 radical (unpaired) electrons. The molecule has 0 aliphatic carbocycles. The molecule has 0 aromatic carbocycles. The Bertz CT molecular complexity index is 232. The highest BCUT2D eigenvalue weighted by atomic mass is 32.1. The first-order valence-electron chi connectivity index (χ1n) is 1.95. The minimum absolute atomic E-state index is 0.593. The van der Waals surface area contributed by atoms with E-state index in [9.17, 15) is 0 Å². The van der Waals surface area contributed by atoms with Gasteiger partial charge >= 0.3 is 0 Å². The summed E-state index contributed by atoms with van der Waals surface area (Å²) in [6.45, 7) is 0. The minimum atomic E-state index is 0.593. The van der Waals surface area contributed by atoms with Crippen LogP contribution >= 0.6 is 11.5 Å². The van der Waals surface area contributed by atoms with Gasteiger partial charge in [-0.1, -0.05) is 4.49 Å². The van der Waals surface area contributed by atoms with Gasteiger partial charge in [0.05, 0.1) is 0 Å². The molecule has 0 spiro atoms. The first kappa shape index (κ1) is 3.90. The van der Waals surface area contributed by atoms with E-state index in [1.807, 2.05) is 0 Å². The highest BCUT2D eigenvalue weighted by Gasteiger charge is 1.97. The molecule has 1 N–H and O–H groups in total. The van der Waals surface area contributed by atoms with Gasteiger partial charge in [0.25, 0.3) is 0 Å². The normalized spacial score (nSPS) is 10.5. The summed E-state index contributed by atoms with van der Waals surface area (Å²) in [5, 5.41) is 13.5. The Morgan fingerprint density at radius 1 is 1.38 bits per heavy atom. The highest BCUT2D eigenvalue weighted by Crippen LogP contribution is 2.05. The van der Waals surface area contributed by atoms with Crippen LogP contribution in [0, 0.1) is 0 Å². The van der Waals surface area contributed by atoms with Crippen molar-refractivity contribution in [1.29, 1.82) is 0 Å². The second-order valence-corrected chi connectivity index (χ2v) is 1.96. The lowest BCUT2D eigenvalue weighted by molar-refractivity contribution is 0.947. The molecule has 0 unspecified atom stereocenters. The van der Waals surface area contributed by atoms with Crippen molar-refractivity contribution < 1.29 is 0 Å². The zero-order chi connectivity index (χ0) is 5.40. The predicted molar refractivity (Wildman–Crippen MR) is 27.4 cm³/mol. The second-order valence-electron chi connectivity index (χ2n) is 1.23. The Morgan fingerprint density at radius 3 is 3.25 bits per heavy atom. The summed E-state index contributed by atoms with van der Waals surface area (Å²) in [6, 6.07) is 0. The lowest BCUT2D eigenvalue weighted by Crippen LogP contribution is -1.69. The maximum absolute atomic E-state index is 3.74. The van der Waals surface area contributed by atoms with Gasteiger partial charge in [0.15, 0.2) is 0 Å². The van der Waals surface area contributed by atoms with E-state index in [1.165, 1.54) is 11.5 Å². The monoisotopic (exact) mass is 127 g/mol. The van der Waals surface area contributed by atoms with Crippen molar-refractivity contribution in [2.75, 3.05) is 0 Å². The molecule has 0 amide bonds. The Morgan fingerprint density at radius 2 is 2.38 bits per heavy atom. The smallest absolute Gasteiger partial charge is 0.194 e. The molecule has 0 fully saturated rings. The zero-order valence-electron chi connectivity index (χ0n) is 3.70. The molecular formula is C2HN5S. The summed E-state index contributed by atoms with van der Waals surface area (Å²) in [5.41, 5.74) is 0.593. The zero-order valence-corrected chi connectivity index (χ0v) is 4.51. The van der Waals surface area contributed by atoms with E-state index in [0.717, 1.165) is 4.83 Å². The van der Waals surface area contributed by atoms with Crippen molar-refractivity contribution in [2.45, 2.75) is 0 Å². The predicted octanol–water partition coefficient (Wildman–Crippen LogP) is -0.191. The van der Waals surface area contributed by atoms with Gasteiger partial charge < -0.3 is 0 Å². The summed E-state index contributed by atoms with van der Waals surface area (Å²) in [7, 11) is 0. The van der Waals surface area contributed by atoms with Crippen molar-refractivity contribution in [3.63, 3.8) is 0 Å². The van der Waals surface area contributed by atoms with Crippen molar-refractivity contribution in [3.8, 4) is 0 Å². The van der Waals surface area contributed by atoms with Crippen LogP contribution in [-0.2, 0) is 0 Å². The van der Waals surface area contributed by atoms with Crippen LogP contribution in [0.25, 0.3) is 10.5 Å². The van der Waals surface area contributed by atoms with Gasteiger partial charge in [-0.25, -0.2) is 0 Å². The number of nitrogens with one attached hydrogen (secondary N) is 1. The molecule has 6 heteroatoms. The maximum atomic E-state index is 3.74. The molecular weight excluding hydrogens is 126 g/mol. The van der Waals surface area contributed by atoms with Crippen LogP contribution in [0.15, 0.2) is 0 Å². The topological polar surface area (TPSA) is 67.3 Å². The molecule has 0 aliphatic heterocycles. The fraction of sp³-hybridized carbons (Fsp3) is 0. The fourth-order valence-electron chi connectivity index (χ4n) is 0.440. The molecule has 40 valence electrons. The van der Waals surface area contributed by atoms with Gasteiger partial charge in [0.1, 0.15) is 0 Å². The molecule has 0 atom stereocenters. The second kappa shape index (κ2) is 1.22. The van der Waals surface area contributed by atoms with Crippen molar-refractivity contribution in [2.24, 2.45) is 0 Å². The van der Waals surface area contributed by atoms with Gasteiger partial charge in [-0.15, -0.1) is 15.3 Å². The van der Waals surface area contributed by atoms with Crippen molar-refractivity contribution in [3.05, 3.63) is 0 Å². The minimum Gasteiger partial charge on any atom is -0.194 e. The number of hydrogen-bond acceptors (Lipinski definition) is 5. The third-order valence-electron chi connectivity index (χ3n) is 0.762. The van der Waals surface area contributed by atoms with E-state index in [2.05, 4.69) is 25.0 Å². The van der Waals surface area contributed by atoms with Crippen LogP contribution in [-0.4, -0.2) is 25.0 Å². The van der Waals surface area contributed by atoms with Gasteiger partial charge in [0.2, 0.25) is 10.5 Å². The largest absolute Gasteiger partial charge is 0.235 e. The summed E-state index contributed by atoms with van der Waals surface area (Å²) in [4.78, 5) is 0.755. The van der Waals surface area contributed by atoms with Gasteiger partial charge in [-0.3, -0.25) is 0 Å². The van der Waals surface area contributed by atoms with Crippen LogP contribution in [0.1, 0.15) is 0 Å². The molecule has 2 heterocycles. The Balaban J connectivity index is 3.06. The van der Waals surface area contributed by atoms with E-state index in [0.29, 0.717) is 5.65 Å². The number of aromatic nitrogens is 5. The van der Waals surface area contributed by atoms with Crippen LogP contribution in [0.2, 0.25) is 0 Å².